The van der Waals surface area contributed by atoms with Crippen LogP contribution in [-0.2, 0) is 11.3 Å². The topological polar surface area (TPSA) is 69.0 Å². The number of nitrogens with one attached hydrogen (secondary N) is 1. The molecule has 0 aliphatic rings. The van der Waals surface area contributed by atoms with Crippen LogP contribution >= 0.6 is 11.5 Å². The number of hydrogen-bond acceptors (Lipinski definition) is 5. The lowest BCUT2D eigenvalue weighted by Gasteiger charge is -2.01. The highest BCUT2D eigenvalue weighted by Crippen LogP contribution is 2.21. The molecule has 2 heterocycles. The molecule has 7 heteroatoms. The number of carbonyl (C=O) groups is 1. The Labute approximate surface area is 102 Å². The van der Waals surface area contributed by atoms with Crippen molar-refractivity contribution in [2.75, 3.05) is 12.4 Å². The Morgan fingerprint density at radius 1 is 1.65 bits per heavy atom. The van der Waals surface area contributed by atoms with Crippen molar-refractivity contribution in [3.8, 4) is 5.88 Å². The van der Waals surface area contributed by atoms with Gasteiger partial charge in [-0.25, -0.2) is 0 Å². The number of amides is 1. The first-order chi connectivity index (χ1) is 8.17. The fourth-order valence-corrected chi connectivity index (χ4v) is 1.92. The summed E-state index contributed by atoms with van der Waals surface area (Å²) in [5, 5.41) is 7.43. The number of methoxy groups -OCH3 is 1. The van der Waals surface area contributed by atoms with Gasteiger partial charge in [0.05, 0.1) is 13.3 Å². The van der Waals surface area contributed by atoms with E-state index in [9.17, 15) is 4.79 Å². The molecule has 0 atom stereocenters. The summed E-state index contributed by atoms with van der Waals surface area (Å²) in [6.07, 6.45) is 3.52. The van der Waals surface area contributed by atoms with Gasteiger partial charge in [0.2, 0.25) is 11.8 Å². The van der Waals surface area contributed by atoms with E-state index in [1.54, 1.807) is 16.9 Å². The smallest absolute Gasteiger partial charge is 0.246 e. The van der Waals surface area contributed by atoms with Gasteiger partial charge < -0.3 is 10.1 Å². The van der Waals surface area contributed by atoms with Gasteiger partial charge in [-0.2, -0.15) is 9.47 Å². The third-order valence-electron chi connectivity index (χ3n) is 2.03. The lowest BCUT2D eigenvalue weighted by Crippen LogP contribution is -2.18. The molecule has 2 rings (SSSR count). The molecule has 0 unspecified atom stereocenters. The van der Waals surface area contributed by atoms with Gasteiger partial charge >= 0.3 is 0 Å². The standard InChI is InChI=1S/C10H12N4O2S/c1-7-4-11-14(5-7)6-8(15)12-10-3-9(16-2)13-17-10/h3-5H,6H2,1-2H3,(H,12,15). The minimum Gasteiger partial charge on any atom is -0.480 e. The van der Waals surface area contributed by atoms with Gasteiger partial charge in [-0.15, -0.1) is 0 Å². The molecule has 0 aromatic carbocycles. The van der Waals surface area contributed by atoms with E-state index >= 15 is 0 Å². The van der Waals surface area contributed by atoms with Crippen molar-refractivity contribution >= 4 is 22.4 Å². The van der Waals surface area contributed by atoms with Crippen LogP contribution in [0.3, 0.4) is 0 Å². The molecule has 0 aliphatic carbocycles. The highest BCUT2D eigenvalue weighted by molar-refractivity contribution is 7.10. The van der Waals surface area contributed by atoms with Crippen LogP contribution < -0.4 is 10.1 Å². The maximum absolute atomic E-state index is 11.7. The number of nitrogens with zero attached hydrogens (tertiary/aromatic N) is 3. The summed E-state index contributed by atoms with van der Waals surface area (Å²) in [7, 11) is 1.53. The van der Waals surface area contributed by atoms with Crippen molar-refractivity contribution in [1.82, 2.24) is 14.2 Å². The normalized spacial score (nSPS) is 10.2. The Bertz CT molecular complexity index is 520. The van der Waals surface area contributed by atoms with Gasteiger partial charge in [0.1, 0.15) is 11.5 Å². The molecule has 0 saturated heterocycles. The molecular weight excluding hydrogens is 240 g/mol. The van der Waals surface area contributed by atoms with Gasteiger partial charge in [0, 0.05) is 12.3 Å². The Balaban J connectivity index is 1.93. The van der Waals surface area contributed by atoms with Crippen LogP contribution in [-0.4, -0.2) is 27.2 Å². The highest BCUT2D eigenvalue weighted by Gasteiger charge is 2.07. The number of anilines is 1. The fourth-order valence-electron chi connectivity index (χ4n) is 1.29. The maximum atomic E-state index is 11.7. The van der Waals surface area contributed by atoms with Crippen LogP contribution in [0.4, 0.5) is 5.00 Å². The summed E-state index contributed by atoms with van der Waals surface area (Å²) < 4.78 is 10.5. The zero-order valence-corrected chi connectivity index (χ0v) is 10.3. The van der Waals surface area contributed by atoms with Crippen molar-refractivity contribution in [2.45, 2.75) is 13.5 Å². The summed E-state index contributed by atoms with van der Waals surface area (Å²) in [5.41, 5.74) is 1.03. The van der Waals surface area contributed by atoms with Gasteiger partial charge in [-0.3, -0.25) is 9.48 Å². The van der Waals surface area contributed by atoms with Crippen molar-refractivity contribution in [2.24, 2.45) is 0 Å². The first-order valence-corrected chi connectivity index (χ1v) is 5.74. The lowest BCUT2D eigenvalue weighted by molar-refractivity contribution is -0.116. The molecule has 6 nitrogen and oxygen atoms in total. The summed E-state index contributed by atoms with van der Waals surface area (Å²) >= 11 is 1.18. The second-order valence-corrected chi connectivity index (χ2v) is 4.30. The quantitative estimate of drug-likeness (QED) is 0.890. The summed E-state index contributed by atoms with van der Waals surface area (Å²) in [4.78, 5) is 11.7. The molecular formula is C10H12N4O2S. The lowest BCUT2D eigenvalue weighted by atomic mass is 10.4. The zero-order chi connectivity index (χ0) is 12.3. The number of ether oxygens (including phenoxy) is 1. The highest BCUT2D eigenvalue weighted by atomic mass is 32.1. The number of hydrogen-bond donors (Lipinski definition) is 1. The van der Waals surface area contributed by atoms with Crippen LogP contribution in [0.25, 0.3) is 0 Å². The van der Waals surface area contributed by atoms with Crippen molar-refractivity contribution < 1.29 is 9.53 Å². The average molecular weight is 252 g/mol. The molecule has 90 valence electrons. The second kappa shape index (κ2) is 4.96. The third kappa shape index (κ3) is 3.04. The van der Waals surface area contributed by atoms with Crippen LogP contribution in [0.5, 0.6) is 5.88 Å². The van der Waals surface area contributed by atoms with Crippen LogP contribution in [0.2, 0.25) is 0 Å². The van der Waals surface area contributed by atoms with E-state index in [0.717, 1.165) is 5.56 Å². The van der Waals surface area contributed by atoms with Gasteiger partial charge in [0.15, 0.2) is 0 Å². The van der Waals surface area contributed by atoms with E-state index in [2.05, 4.69) is 14.8 Å². The number of aryl methyl sites for hydroxylation is 1. The van der Waals surface area contributed by atoms with Gasteiger partial charge in [0.25, 0.3) is 0 Å². The van der Waals surface area contributed by atoms with E-state index in [1.807, 2.05) is 13.1 Å². The molecule has 2 aromatic rings. The zero-order valence-electron chi connectivity index (χ0n) is 9.51. The fraction of sp³-hybridized carbons (Fsp3) is 0.300. The number of aromatic nitrogens is 3. The molecule has 0 saturated carbocycles. The van der Waals surface area contributed by atoms with Gasteiger partial charge in [-0.1, -0.05) is 0 Å². The third-order valence-corrected chi connectivity index (χ3v) is 2.72. The van der Waals surface area contributed by atoms with Crippen molar-refractivity contribution in [1.29, 1.82) is 0 Å². The second-order valence-electron chi connectivity index (χ2n) is 3.50. The molecule has 0 spiro atoms. The van der Waals surface area contributed by atoms with E-state index in [4.69, 9.17) is 4.74 Å². The van der Waals surface area contributed by atoms with E-state index in [1.165, 1.54) is 18.6 Å². The Hall–Kier alpha value is -1.89. The Morgan fingerprint density at radius 2 is 2.47 bits per heavy atom. The largest absolute Gasteiger partial charge is 0.480 e. The van der Waals surface area contributed by atoms with Crippen LogP contribution in [0.15, 0.2) is 18.5 Å². The first kappa shape index (κ1) is 11.6. The average Bonchev–Trinajstić information content (AvgIpc) is 2.88. The van der Waals surface area contributed by atoms with Crippen molar-refractivity contribution in [3.63, 3.8) is 0 Å². The monoisotopic (exact) mass is 252 g/mol. The summed E-state index contributed by atoms with van der Waals surface area (Å²) in [6, 6.07) is 1.68. The van der Waals surface area contributed by atoms with Gasteiger partial charge in [-0.05, 0) is 24.0 Å². The van der Waals surface area contributed by atoms with Crippen molar-refractivity contribution in [3.05, 3.63) is 24.0 Å². The molecule has 0 bridgehead atoms. The molecule has 0 fully saturated rings. The van der Waals surface area contributed by atoms with E-state index in [0.29, 0.717) is 10.9 Å². The summed E-state index contributed by atoms with van der Waals surface area (Å²) in [5.74, 6) is 0.361. The molecule has 0 radical (unpaired) electrons. The minimum absolute atomic E-state index is 0.139. The molecule has 17 heavy (non-hydrogen) atoms. The molecule has 1 N–H and O–H groups in total. The van der Waals surface area contributed by atoms with E-state index < -0.39 is 0 Å². The number of rotatable bonds is 4. The van der Waals surface area contributed by atoms with E-state index in [-0.39, 0.29) is 12.5 Å². The predicted octanol–water partition coefficient (Wildman–Crippen LogP) is 1.30. The Morgan fingerprint density at radius 3 is 3.06 bits per heavy atom. The predicted molar refractivity (Wildman–Crippen MR) is 64.3 cm³/mol. The minimum atomic E-state index is -0.139. The molecule has 2 aromatic heterocycles. The SMILES string of the molecule is COc1cc(NC(=O)Cn2cc(C)cn2)sn1. The first-order valence-electron chi connectivity index (χ1n) is 4.97. The van der Waals surface area contributed by atoms with Crippen LogP contribution in [0, 0.1) is 6.92 Å². The molecule has 0 aliphatic heterocycles. The Kier molecular flexibility index (Phi) is 3.38. The molecule has 1 amide bonds. The maximum Gasteiger partial charge on any atom is 0.246 e. The number of carbonyl (C=O) groups excluding carboxylic acids is 1. The van der Waals surface area contributed by atoms with Crippen LogP contribution in [0.1, 0.15) is 5.56 Å². The summed E-state index contributed by atoms with van der Waals surface area (Å²) in [6.45, 7) is 2.11.